The second-order valence-corrected chi connectivity index (χ2v) is 7.86. The third-order valence-corrected chi connectivity index (χ3v) is 5.78. The lowest BCUT2D eigenvalue weighted by molar-refractivity contribution is -0.140. The summed E-state index contributed by atoms with van der Waals surface area (Å²) >= 11 is 0. The van der Waals surface area contributed by atoms with Crippen molar-refractivity contribution < 1.29 is 28.9 Å². The number of aromatic nitrogens is 1. The quantitative estimate of drug-likeness (QED) is 0.298. The van der Waals surface area contributed by atoms with Gasteiger partial charge in [0.05, 0.1) is 32.4 Å². The monoisotopic (exact) mass is 474 g/mol. The van der Waals surface area contributed by atoms with Crippen LogP contribution >= 0.6 is 0 Å². The number of nitrogens with zero attached hydrogens (tertiary/aromatic N) is 2. The Balaban J connectivity index is 1.86. The Morgan fingerprint density at radius 1 is 1.03 bits per heavy atom. The average molecular weight is 475 g/mol. The molecule has 2 heterocycles. The second kappa shape index (κ2) is 10.3. The lowest BCUT2D eigenvalue weighted by Gasteiger charge is -2.26. The number of likely N-dealkylation sites (tertiary alicyclic amines) is 1. The van der Waals surface area contributed by atoms with E-state index in [1.165, 1.54) is 19.1 Å². The first-order valence-electron chi connectivity index (χ1n) is 11.1. The van der Waals surface area contributed by atoms with Crippen LogP contribution in [0.3, 0.4) is 0 Å². The van der Waals surface area contributed by atoms with Gasteiger partial charge in [-0.25, -0.2) is 0 Å². The van der Waals surface area contributed by atoms with E-state index in [0.29, 0.717) is 35.0 Å². The van der Waals surface area contributed by atoms with Crippen LogP contribution < -0.4 is 14.2 Å². The summed E-state index contributed by atoms with van der Waals surface area (Å²) in [5.41, 5.74) is 1.74. The number of benzene rings is 2. The van der Waals surface area contributed by atoms with E-state index in [0.717, 1.165) is 5.56 Å². The molecule has 0 aliphatic carbocycles. The Morgan fingerprint density at radius 3 is 2.43 bits per heavy atom. The van der Waals surface area contributed by atoms with E-state index < -0.39 is 17.7 Å². The summed E-state index contributed by atoms with van der Waals surface area (Å²) in [6.45, 7) is 2.45. The molecule has 8 heteroatoms. The molecule has 8 nitrogen and oxygen atoms in total. The number of aliphatic hydroxyl groups excluding tert-OH is 1. The van der Waals surface area contributed by atoms with E-state index in [-0.39, 0.29) is 17.9 Å². The average Bonchev–Trinajstić information content (AvgIpc) is 3.14. The van der Waals surface area contributed by atoms with Crippen molar-refractivity contribution in [3.05, 3.63) is 89.3 Å². The zero-order valence-corrected chi connectivity index (χ0v) is 19.7. The zero-order chi connectivity index (χ0) is 24.9. The predicted molar refractivity (Wildman–Crippen MR) is 129 cm³/mol. The first kappa shape index (κ1) is 23.8. The van der Waals surface area contributed by atoms with Crippen molar-refractivity contribution in [2.75, 3.05) is 20.8 Å². The number of Topliss-reactive ketones (excluding diaryl/α,β-unsaturated/α-hetero) is 1. The SMILES string of the molecule is CCOc1ccc(C2/C(=C(/O)c3ccc(OC)cc3)C(=O)C(=O)N2Cc2cccnc2)cc1OC. The van der Waals surface area contributed by atoms with Crippen LogP contribution in [0.15, 0.2) is 72.6 Å². The molecule has 1 atom stereocenters. The van der Waals surface area contributed by atoms with Gasteiger partial charge in [-0.05, 0) is 60.5 Å². The lowest BCUT2D eigenvalue weighted by atomic mass is 9.94. The smallest absolute Gasteiger partial charge is 0.295 e. The Bertz CT molecular complexity index is 1250. The van der Waals surface area contributed by atoms with Crippen LogP contribution in [-0.4, -0.2) is 47.5 Å². The summed E-state index contributed by atoms with van der Waals surface area (Å²) in [4.78, 5) is 32.0. The molecule has 1 aliphatic heterocycles. The van der Waals surface area contributed by atoms with Crippen molar-refractivity contribution in [1.29, 1.82) is 0 Å². The topological polar surface area (TPSA) is 98.2 Å². The highest BCUT2D eigenvalue weighted by Gasteiger charge is 2.46. The van der Waals surface area contributed by atoms with Crippen LogP contribution in [0.4, 0.5) is 0 Å². The summed E-state index contributed by atoms with van der Waals surface area (Å²) in [5, 5.41) is 11.2. The standard InChI is InChI=1S/C27H26N2O6/c1-4-35-21-12-9-19(14-22(21)34-3)24-23(25(30)18-7-10-20(33-2)11-8-18)26(31)27(32)29(24)16-17-6-5-13-28-15-17/h5-15,24,30H,4,16H2,1-3H3/b25-23-. The van der Waals surface area contributed by atoms with Gasteiger partial charge < -0.3 is 24.2 Å². The van der Waals surface area contributed by atoms with Gasteiger partial charge in [-0.15, -0.1) is 0 Å². The van der Waals surface area contributed by atoms with Gasteiger partial charge in [0.1, 0.15) is 11.5 Å². The number of hydrogen-bond donors (Lipinski definition) is 1. The minimum Gasteiger partial charge on any atom is -0.507 e. The van der Waals surface area contributed by atoms with E-state index in [1.54, 1.807) is 60.9 Å². The Morgan fingerprint density at radius 2 is 1.80 bits per heavy atom. The lowest BCUT2D eigenvalue weighted by Crippen LogP contribution is -2.29. The molecule has 1 unspecified atom stereocenters. The minimum absolute atomic E-state index is 0.00438. The highest BCUT2D eigenvalue weighted by Crippen LogP contribution is 2.42. The third kappa shape index (κ3) is 4.68. The number of pyridine rings is 1. The summed E-state index contributed by atoms with van der Waals surface area (Å²) in [6, 6.07) is 14.6. The number of ether oxygens (including phenoxy) is 3. The van der Waals surface area contributed by atoms with E-state index >= 15 is 0 Å². The van der Waals surface area contributed by atoms with E-state index in [9.17, 15) is 14.7 Å². The normalized spacial score (nSPS) is 16.9. The predicted octanol–water partition coefficient (Wildman–Crippen LogP) is 4.12. The number of amides is 1. The van der Waals surface area contributed by atoms with Gasteiger partial charge in [-0.3, -0.25) is 14.6 Å². The highest BCUT2D eigenvalue weighted by atomic mass is 16.5. The van der Waals surface area contributed by atoms with Gasteiger partial charge in [0.25, 0.3) is 11.7 Å². The van der Waals surface area contributed by atoms with Crippen LogP contribution in [0.25, 0.3) is 5.76 Å². The largest absolute Gasteiger partial charge is 0.507 e. The van der Waals surface area contributed by atoms with Crippen molar-refractivity contribution in [2.45, 2.75) is 19.5 Å². The molecule has 0 spiro atoms. The maximum absolute atomic E-state index is 13.2. The Hall–Kier alpha value is -4.33. The molecule has 0 bridgehead atoms. The van der Waals surface area contributed by atoms with Crippen molar-refractivity contribution in [1.82, 2.24) is 9.88 Å². The Labute approximate surface area is 203 Å². The molecule has 1 amide bonds. The minimum atomic E-state index is -0.845. The van der Waals surface area contributed by atoms with Crippen molar-refractivity contribution in [3.63, 3.8) is 0 Å². The van der Waals surface area contributed by atoms with Crippen molar-refractivity contribution in [2.24, 2.45) is 0 Å². The fourth-order valence-electron chi connectivity index (χ4n) is 4.11. The van der Waals surface area contributed by atoms with E-state index in [4.69, 9.17) is 14.2 Å². The van der Waals surface area contributed by atoms with Crippen LogP contribution in [0.2, 0.25) is 0 Å². The van der Waals surface area contributed by atoms with Gasteiger partial charge in [-0.2, -0.15) is 0 Å². The Kier molecular flexibility index (Phi) is 7.01. The maximum atomic E-state index is 13.2. The first-order valence-corrected chi connectivity index (χ1v) is 11.1. The van der Waals surface area contributed by atoms with Crippen molar-refractivity contribution in [3.8, 4) is 17.2 Å². The molecular weight excluding hydrogens is 448 g/mol. The molecule has 1 saturated heterocycles. The summed E-state index contributed by atoms with van der Waals surface area (Å²) < 4.78 is 16.3. The molecule has 180 valence electrons. The molecular formula is C27H26N2O6. The number of methoxy groups -OCH3 is 2. The number of carbonyl (C=O) groups excluding carboxylic acids is 2. The fourth-order valence-corrected chi connectivity index (χ4v) is 4.11. The number of aliphatic hydroxyl groups is 1. The number of rotatable bonds is 8. The van der Waals surface area contributed by atoms with Gasteiger partial charge in [-0.1, -0.05) is 12.1 Å². The van der Waals surface area contributed by atoms with Crippen LogP contribution in [0.5, 0.6) is 17.2 Å². The first-order chi connectivity index (χ1) is 17.0. The molecule has 3 aromatic rings. The molecule has 2 aromatic carbocycles. The summed E-state index contributed by atoms with van der Waals surface area (Å²) in [6.07, 6.45) is 3.27. The number of carbonyl (C=O) groups is 2. The van der Waals surface area contributed by atoms with Crippen molar-refractivity contribution >= 4 is 17.4 Å². The molecule has 1 N–H and O–H groups in total. The molecule has 1 aromatic heterocycles. The highest BCUT2D eigenvalue weighted by molar-refractivity contribution is 6.46. The maximum Gasteiger partial charge on any atom is 0.295 e. The molecule has 35 heavy (non-hydrogen) atoms. The zero-order valence-electron chi connectivity index (χ0n) is 19.7. The van der Waals surface area contributed by atoms with Gasteiger partial charge in [0.15, 0.2) is 11.5 Å². The second-order valence-electron chi connectivity index (χ2n) is 7.86. The molecule has 0 saturated carbocycles. The molecule has 4 rings (SSSR count). The van der Waals surface area contributed by atoms with Crippen LogP contribution in [-0.2, 0) is 16.1 Å². The fraction of sp³-hybridized carbons (Fsp3) is 0.222. The summed E-state index contributed by atoms with van der Waals surface area (Å²) in [5.74, 6) is -0.135. The van der Waals surface area contributed by atoms with Crippen LogP contribution in [0.1, 0.15) is 29.7 Å². The van der Waals surface area contributed by atoms with E-state index in [2.05, 4.69) is 4.98 Å². The van der Waals surface area contributed by atoms with Gasteiger partial charge in [0.2, 0.25) is 0 Å². The summed E-state index contributed by atoms with van der Waals surface area (Å²) in [7, 11) is 3.06. The molecule has 1 fully saturated rings. The third-order valence-electron chi connectivity index (χ3n) is 5.78. The molecule has 0 radical (unpaired) electrons. The number of ketones is 1. The molecule has 1 aliphatic rings. The number of hydrogen-bond acceptors (Lipinski definition) is 7. The van der Waals surface area contributed by atoms with Gasteiger partial charge in [0, 0.05) is 24.5 Å². The van der Waals surface area contributed by atoms with Crippen LogP contribution in [0, 0.1) is 0 Å². The van der Waals surface area contributed by atoms with E-state index in [1.807, 2.05) is 13.0 Å². The van der Waals surface area contributed by atoms with Gasteiger partial charge >= 0.3 is 0 Å².